The van der Waals surface area contributed by atoms with E-state index in [9.17, 15) is 0 Å². The maximum absolute atomic E-state index is 4.51. The van der Waals surface area contributed by atoms with Crippen molar-refractivity contribution in [1.29, 1.82) is 0 Å². The Morgan fingerprint density at radius 2 is 1.48 bits per heavy atom. The molecule has 2 unspecified atom stereocenters. The maximum atomic E-state index is 4.51. The number of hydrogen-bond acceptors (Lipinski definition) is 2. The molecular weight excluding hydrogens is 280 g/mol. The Hall–Kier alpha value is -2.35. The third-order valence-corrected chi connectivity index (χ3v) is 4.42. The monoisotopic (exact) mass is 303 g/mol. The van der Waals surface area contributed by atoms with Crippen LogP contribution >= 0.6 is 0 Å². The minimum atomic E-state index is 0.359. The molecule has 2 aromatic rings. The first-order chi connectivity index (χ1) is 11.4. The van der Waals surface area contributed by atoms with Gasteiger partial charge in [0, 0.05) is 5.92 Å². The first kappa shape index (κ1) is 15.5. The summed E-state index contributed by atoms with van der Waals surface area (Å²) in [7, 11) is 0. The molecule has 3 rings (SSSR count). The summed E-state index contributed by atoms with van der Waals surface area (Å²) in [5, 5.41) is 0. The highest BCUT2D eigenvalue weighted by Crippen LogP contribution is 2.39. The van der Waals surface area contributed by atoms with Crippen molar-refractivity contribution >= 4 is 12.4 Å². The molecule has 0 bridgehead atoms. The molecular formula is C21H23N2+. The van der Waals surface area contributed by atoms with Gasteiger partial charge >= 0.3 is 0 Å². The summed E-state index contributed by atoms with van der Waals surface area (Å²) < 4.78 is 0. The van der Waals surface area contributed by atoms with Crippen LogP contribution in [0.25, 0.3) is 0 Å². The number of benzene rings is 2. The van der Waals surface area contributed by atoms with Crippen molar-refractivity contribution < 1.29 is 0 Å². The molecule has 0 N–H and O–H groups in total. The summed E-state index contributed by atoms with van der Waals surface area (Å²) in [6, 6.07) is 21.5. The SMILES string of the molecule is CCCC([C+]1N=CC=N1)C(Cc1ccccc1)c1ccccc1. The van der Waals surface area contributed by atoms with Crippen molar-refractivity contribution in [2.75, 3.05) is 0 Å². The predicted octanol–water partition coefficient (Wildman–Crippen LogP) is 5.07. The molecule has 2 atom stereocenters. The Bertz CT molecular complexity index is 634. The van der Waals surface area contributed by atoms with Gasteiger partial charge in [-0.25, -0.2) is 0 Å². The predicted molar refractivity (Wildman–Crippen MR) is 98.0 cm³/mol. The second-order valence-corrected chi connectivity index (χ2v) is 6.02. The van der Waals surface area contributed by atoms with Crippen LogP contribution in [0.2, 0.25) is 0 Å². The van der Waals surface area contributed by atoms with E-state index in [1.165, 1.54) is 11.1 Å². The highest BCUT2D eigenvalue weighted by Gasteiger charge is 2.36. The minimum absolute atomic E-state index is 0.359. The van der Waals surface area contributed by atoms with Crippen LogP contribution in [-0.2, 0) is 6.42 Å². The molecule has 1 aliphatic rings. The highest BCUT2D eigenvalue weighted by atomic mass is 15.0. The number of nitrogens with zero attached hydrogens (tertiary/aromatic N) is 2. The van der Waals surface area contributed by atoms with E-state index in [1.54, 1.807) is 0 Å². The zero-order chi connectivity index (χ0) is 15.9. The lowest BCUT2D eigenvalue weighted by atomic mass is 9.78. The van der Waals surface area contributed by atoms with Crippen LogP contribution in [0.15, 0.2) is 70.6 Å². The van der Waals surface area contributed by atoms with Gasteiger partial charge in [0.2, 0.25) is 6.17 Å². The molecule has 0 radical (unpaired) electrons. The molecule has 2 nitrogen and oxygen atoms in total. The normalized spacial score (nSPS) is 15.8. The fraction of sp³-hybridized carbons (Fsp3) is 0.286. The summed E-state index contributed by atoms with van der Waals surface area (Å²) >= 11 is 0. The number of hydrogen-bond donors (Lipinski definition) is 0. The molecule has 1 heterocycles. The fourth-order valence-corrected chi connectivity index (χ4v) is 3.33. The third-order valence-electron chi connectivity index (χ3n) is 4.42. The fourth-order valence-electron chi connectivity index (χ4n) is 3.33. The molecule has 116 valence electrons. The zero-order valence-electron chi connectivity index (χ0n) is 13.6. The smallest absolute Gasteiger partial charge is 0.0965 e. The van der Waals surface area contributed by atoms with Gasteiger partial charge in [-0.05, 0) is 24.0 Å². The summed E-state index contributed by atoms with van der Waals surface area (Å²) in [6.45, 7) is 2.24. The Morgan fingerprint density at radius 3 is 2.09 bits per heavy atom. The lowest BCUT2D eigenvalue weighted by Gasteiger charge is -2.26. The van der Waals surface area contributed by atoms with E-state index in [-0.39, 0.29) is 0 Å². The molecule has 1 aliphatic heterocycles. The van der Waals surface area contributed by atoms with Crippen molar-refractivity contribution in [1.82, 2.24) is 0 Å². The van der Waals surface area contributed by atoms with E-state index < -0.39 is 0 Å². The first-order valence-electron chi connectivity index (χ1n) is 8.41. The van der Waals surface area contributed by atoms with Crippen LogP contribution in [0.3, 0.4) is 0 Å². The van der Waals surface area contributed by atoms with E-state index in [1.807, 2.05) is 12.4 Å². The number of aliphatic imine (C=N–C) groups is 2. The van der Waals surface area contributed by atoms with Gasteiger partial charge in [-0.15, -0.1) is 0 Å². The van der Waals surface area contributed by atoms with Gasteiger partial charge in [-0.2, -0.15) is 0 Å². The summed E-state index contributed by atoms with van der Waals surface area (Å²) in [5.41, 5.74) is 2.74. The van der Waals surface area contributed by atoms with Crippen molar-refractivity contribution in [2.45, 2.75) is 32.1 Å². The molecule has 0 fully saturated rings. The molecule has 0 saturated heterocycles. The van der Waals surface area contributed by atoms with E-state index >= 15 is 0 Å². The Balaban J connectivity index is 1.92. The largest absolute Gasteiger partial charge is 0.244 e. The quantitative estimate of drug-likeness (QED) is 0.638. The van der Waals surface area contributed by atoms with E-state index in [4.69, 9.17) is 0 Å². The van der Waals surface area contributed by atoms with Crippen LogP contribution < -0.4 is 0 Å². The standard InChI is InChI=1S/C21H23N2/c1-2-9-19(21-22-14-15-23-21)20(18-12-7-4-8-13-18)16-17-10-5-3-6-11-17/h3-8,10-15,19-20H,2,9,16H2,1H3/q+1. The summed E-state index contributed by atoms with van der Waals surface area (Å²) in [5.74, 6) is 0.763. The molecule has 23 heavy (non-hydrogen) atoms. The molecule has 0 aromatic heterocycles. The van der Waals surface area contributed by atoms with Crippen molar-refractivity contribution in [2.24, 2.45) is 15.9 Å². The first-order valence-corrected chi connectivity index (χ1v) is 8.41. The second kappa shape index (κ2) is 7.77. The molecule has 2 aromatic carbocycles. The molecule has 0 spiro atoms. The van der Waals surface area contributed by atoms with Crippen LogP contribution in [-0.4, -0.2) is 12.4 Å². The summed E-state index contributed by atoms with van der Waals surface area (Å²) in [4.78, 5) is 9.02. The highest BCUT2D eigenvalue weighted by molar-refractivity contribution is 6.18. The second-order valence-electron chi connectivity index (χ2n) is 6.02. The van der Waals surface area contributed by atoms with Gasteiger partial charge in [0.25, 0.3) is 0 Å². The van der Waals surface area contributed by atoms with Crippen molar-refractivity contribution in [3.63, 3.8) is 0 Å². The lowest BCUT2D eigenvalue weighted by molar-refractivity contribution is 0.396. The Labute approximate surface area is 139 Å². The minimum Gasteiger partial charge on any atom is -0.0965 e. The lowest BCUT2D eigenvalue weighted by Crippen LogP contribution is -2.20. The van der Waals surface area contributed by atoms with Gasteiger partial charge in [-0.3, -0.25) is 0 Å². The van der Waals surface area contributed by atoms with E-state index in [0.717, 1.165) is 25.4 Å². The molecule has 0 aliphatic carbocycles. The van der Waals surface area contributed by atoms with Crippen molar-refractivity contribution in [3.05, 3.63) is 78.0 Å². The van der Waals surface area contributed by atoms with Crippen LogP contribution in [0, 0.1) is 12.1 Å². The topological polar surface area (TPSA) is 24.7 Å². The van der Waals surface area contributed by atoms with Gasteiger partial charge < -0.3 is 0 Å². The van der Waals surface area contributed by atoms with Gasteiger partial charge in [0.1, 0.15) is 0 Å². The molecule has 0 saturated carbocycles. The van der Waals surface area contributed by atoms with Gasteiger partial charge in [-0.1, -0.05) is 84.0 Å². The molecule has 2 heteroatoms. The van der Waals surface area contributed by atoms with E-state index in [2.05, 4.69) is 77.6 Å². The molecule has 0 amide bonds. The maximum Gasteiger partial charge on any atom is 0.244 e. The summed E-state index contributed by atoms with van der Waals surface area (Å²) in [6.07, 6.45) is 7.86. The van der Waals surface area contributed by atoms with Gasteiger partial charge in [0.05, 0.1) is 5.92 Å². The average Bonchev–Trinajstić information content (AvgIpc) is 3.14. The van der Waals surface area contributed by atoms with Crippen LogP contribution in [0.4, 0.5) is 0 Å². The van der Waals surface area contributed by atoms with Crippen LogP contribution in [0.1, 0.15) is 36.8 Å². The van der Waals surface area contributed by atoms with Crippen molar-refractivity contribution in [3.8, 4) is 0 Å². The van der Waals surface area contributed by atoms with E-state index in [0.29, 0.717) is 11.8 Å². The van der Waals surface area contributed by atoms with Crippen LogP contribution in [0.5, 0.6) is 0 Å². The Kier molecular flexibility index (Phi) is 5.25. The Morgan fingerprint density at radius 1 is 0.870 bits per heavy atom. The average molecular weight is 303 g/mol. The number of rotatable bonds is 7. The third kappa shape index (κ3) is 3.89. The van der Waals surface area contributed by atoms with Gasteiger partial charge in [0.15, 0.2) is 12.4 Å². The zero-order valence-corrected chi connectivity index (χ0v) is 13.6.